The van der Waals surface area contributed by atoms with Gasteiger partial charge in [-0.3, -0.25) is 0 Å². The van der Waals surface area contributed by atoms with Crippen LogP contribution in [-0.4, -0.2) is 0 Å². The van der Waals surface area contributed by atoms with Crippen LogP contribution >= 0.6 is 11.3 Å². The van der Waals surface area contributed by atoms with Crippen molar-refractivity contribution in [3.8, 4) is 33.4 Å². The van der Waals surface area contributed by atoms with Crippen LogP contribution < -0.4 is 4.90 Å². The lowest BCUT2D eigenvalue weighted by atomic mass is 9.82. The van der Waals surface area contributed by atoms with E-state index in [-0.39, 0.29) is 5.41 Å². The third-order valence-electron chi connectivity index (χ3n) is 10.9. The van der Waals surface area contributed by atoms with Gasteiger partial charge in [0.15, 0.2) is 0 Å². The zero-order valence-corrected chi connectivity index (χ0v) is 31.5. The van der Waals surface area contributed by atoms with Crippen molar-refractivity contribution in [1.82, 2.24) is 0 Å². The lowest BCUT2D eigenvalue weighted by Crippen LogP contribution is -2.14. The third kappa shape index (κ3) is 5.66. The van der Waals surface area contributed by atoms with Crippen LogP contribution in [0.5, 0.6) is 0 Å². The van der Waals surface area contributed by atoms with E-state index in [1.165, 1.54) is 59.2 Å². The van der Waals surface area contributed by atoms with Gasteiger partial charge in [0.25, 0.3) is 0 Å². The van der Waals surface area contributed by atoms with Crippen LogP contribution in [0.1, 0.15) is 37.5 Å². The molecule has 0 N–H and O–H groups in total. The molecule has 8 aromatic rings. The molecule has 0 unspecified atom stereocenters. The minimum Gasteiger partial charge on any atom is -0.313 e. The van der Waals surface area contributed by atoms with E-state index in [9.17, 15) is 0 Å². The largest absolute Gasteiger partial charge is 0.313 e. The topological polar surface area (TPSA) is 3.24 Å². The Bertz CT molecular complexity index is 2730. The Morgan fingerprint density at radius 3 is 2.09 bits per heavy atom. The van der Waals surface area contributed by atoms with E-state index in [2.05, 4.69) is 190 Å². The van der Waals surface area contributed by atoms with Crippen molar-refractivity contribution in [1.29, 1.82) is 0 Å². The average molecular weight is 710 g/mol. The quantitative estimate of drug-likeness (QED) is 0.142. The summed E-state index contributed by atoms with van der Waals surface area (Å²) in [5, 5.41) is 2.60. The second-order valence-corrected chi connectivity index (χ2v) is 15.5. The zero-order valence-electron chi connectivity index (χ0n) is 30.7. The highest BCUT2D eigenvalue weighted by atomic mass is 32.1. The fourth-order valence-corrected chi connectivity index (χ4v) is 9.47. The van der Waals surface area contributed by atoms with E-state index in [0.717, 1.165) is 33.6 Å². The number of thiophene rings is 1. The molecule has 0 aliphatic heterocycles. The Hall–Kier alpha value is -6.40. The van der Waals surface area contributed by atoms with Gasteiger partial charge < -0.3 is 4.90 Å². The number of hydrogen-bond acceptors (Lipinski definition) is 2. The summed E-state index contributed by atoms with van der Waals surface area (Å²) in [7, 11) is 0. The number of hydrogen-bond donors (Lipinski definition) is 0. The molecule has 0 atom stereocenters. The van der Waals surface area contributed by atoms with Crippen LogP contribution in [0.3, 0.4) is 0 Å². The maximum atomic E-state index is 4.14. The standard InChI is InChI=1S/C52H39NS/c1-5-36(37-15-8-6-9-16-37)24-23-35(2)53(42-31-29-41(30-32-42)40-27-25-39(26-28-40)38-17-10-7-11-18-38)48-22-14-20-43-44-33-34-47-49(51(44)54-50(43)48)45-19-12-13-21-46(45)52(47,3)4/h5-10,12-17,19-34H,1H2,2-4H3/b35-23+,36-24+. The van der Waals surface area contributed by atoms with E-state index in [1.807, 2.05) is 35.6 Å². The Morgan fingerprint density at radius 2 is 1.35 bits per heavy atom. The summed E-state index contributed by atoms with van der Waals surface area (Å²) in [4.78, 5) is 2.41. The Kier molecular flexibility index (Phi) is 8.38. The van der Waals surface area contributed by atoms with Crippen LogP contribution in [0.25, 0.3) is 59.1 Å². The SMILES string of the molecule is C=C/C(=C\C=C(/C)N(c1ccc(-c2ccc(-c3c#cccc3)cc2)cc1)c1cccc2c1sc1c3c(ccc12)C(C)(C)c1ccccc1-3)c1ccccc1. The molecule has 9 rings (SSSR count). The van der Waals surface area contributed by atoms with Gasteiger partial charge in [0.2, 0.25) is 0 Å². The van der Waals surface area contributed by atoms with Gasteiger partial charge in [-0.25, -0.2) is 0 Å². The summed E-state index contributed by atoms with van der Waals surface area (Å²) in [6, 6.07) is 60.8. The zero-order chi connectivity index (χ0) is 36.8. The van der Waals surface area contributed by atoms with E-state index < -0.39 is 0 Å². The second kappa shape index (κ2) is 13.5. The number of nitrogens with zero attached hydrogens (tertiary/aromatic N) is 1. The number of anilines is 2. The summed E-state index contributed by atoms with van der Waals surface area (Å²) >= 11 is 1.92. The Labute approximate surface area is 322 Å². The minimum atomic E-state index is -0.0426. The van der Waals surface area contributed by atoms with Gasteiger partial charge in [-0.1, -0.05) is 166 Å². The highest BCUT2D eigenvalue weighted by molar-refractivity contribution is 7.27. The van der Waals surface area contributed by atoms with Crippen LogP contribution in [-0.2, 0) is 5.41 Å². The van der Waals surface area contributed by atoms with Crippen LogP contribution in [0.2, 0.25) is 0 Å². The smallest absolute Gasteiger partial charge is 0.0637 e. The van der Waals surface area contributed by atoms with Gasteiger partial charge >= 0.3 is 0 Å². The molecule has 0 saturated heterocycles. The number of benzene rings is 6. The van der Waals surface area contributed by atoms with Gasteiger partial charge in [0, 0.05) is 43.4 Å². The third-order valence-corrected chi connectivity index (χ3v) is 12.2. The van der Waals surface area contributed by atoms with Gasteiger partial charge in [0.05, 0.1) is 10.4 Å². The fourth-order valence-electron chi connectivity index (χ4n) is 8.10. The molecule has 0 amide bonds. The van der Waals surface area contributed by atoms with Crippen molar-refractivity contribution in [3.05, 3.63) is 211 Å². The number of fused-ring (bicyclic) bond motifs is 7. The van der Waals surface area contributed by atoms with Gasteiger partial charge in [-0.15, -0.1) is 11.3 Å². The van der Waals surface area contributed by atoms with Gasteiger partial charge in [-0.2, -0.15) is 0 Å². The molecule has 1 aliphatic rings. The number of rotatable bonds is 8. The predicted octanol–water partition coefficient (Wildman–Crippen LogP) is 14.6. The molecule has 0 saturated carbocycles. The van der Waals surface area contributed by atoms with Crippen molar-refractivity contribution < 1.29 is 0 Å². The minimum absolute atomic E-state index is 0.0426. The van der Waals surface area contributed by atoms with E-state index in [0.29, 0.717) is 0 Å². The molecule has 0 spiro atoms. The molecule has 7 aromatic carbocycles. The van der Waals surface area contributed by atoms with Crippen molar-refractivity contribution in [3.63, 3.8) is 0 Å². The molecule has 2 heteroatoms. The first kappa shape index (κ1) is 33.4. The lowest BCUT2D eigenvalue weighted by Gasteiger charge is -2.27. The molecule has 0 fully saturated rings. The molecular weight excluding hydrogens is 671 g/mol. The Morgan fingerprint density at radius 1 is 0.648 bits per heavy atom. The lowest BCUT2D eigenvalue weighted by molar-refractivity contribution is 0.661. The van der Waals surface area contributed by atoms with Crippen molar-refractivity contribution in [2.24, 2.45) is 0 Å². The molecule has 0 bridgehead atoms. The van der Waals surface area contributed by atoms with Crippen molar-refractivity contribution in [2.45, 2.75) is 26.2 Å². The van der Waals surface area contributed by atoms with Crippen LogP contribution in [0, 0.1) is 12.1 Å². The van der Waals surface area contributed by atoms with Crippen molar-refractivity contribution >= 4 is 48.5 Å². The molecule has 1 aliphatic carbocycles. The van der Waals surface area contributed by atoms with E-state index >= 15 is 0 Å². The van der Waals surface area contributed by atoms with Gasteiger partial charge in [-0.05, 0) is 87.8 Å². The normalized spacial score (nSPS) is 13.4. The first-order chi connectivity index (χ1) is 26.4. The highest BCUT2D eigenvalue weighted by Gasteiger charge is 2.37. The fraction of sp³-hybridized carbons (Fsp3) is 0.0769. The molecule has 54 heavy (non-hydrogen) atoms. The summed E-state index contributed by atoms with van der Waals surface area (Å²) in [5.74, 6) is 0. The summed E-state index contributed by atoms with van der Waals surface area (Å²) in [5.41, 5.74) is 15.7. The predicted molar refractivity (Wildman–Crippen MR) is 232 cm³/mol. The molecule has 1 nitrogen and oxygen atoms in total. The monoisotopic (exact) mass is 709 g/mol. The van der Waals surface area contributed by atoms with E-state index in [1.54, 1.807) is 0 Å². The average Bonchev–Trinajstić information content (AvgIpc) is 3.72. The maximum Gasteiger partial charge on any atom is 0.0637 e. The molecule has 1 aromatic heterocycles. The first-order valence-electron chi connectivity index (χ1n) is 18.5. The molecule has 258 valence electrons. The number of allylic oxidation sites excluding steroid dienone is 5. The highest BCUT2D eigenvalue weighted by Crippen LogP contribution is 2.54. The second-order valence-electron chi connectivity index (χ2n) is 14.5. The summed E-state index contributed by atoms with van der Waals surface area (Å²) in [6.07, 6.45) is 6.33. The van der Waals surface area contributed by atoms with E-state index in [4.69, 9.17) is 0 Å². The molecule has 1 heterocycles. The van der Waals surface area contributed by atoms with Crippen molar-refractivity contribution in [2.75, 3.05) is 4.90 Å². The maximum absolute atomic E-state index is 4.14. The van der Waals surface area contributed by atoms with Crippen LogP contribution in [0.15, 0.2) is 182 Å². The first-order valence-corrected chi connectivity index (χ1v) is 19.3. The molecule has 0 radical (unpaired) electrons. The van der Waals surface area contributed by atoms with Gasteiger partial charge in [0.1, 0.15) is 0 Å². The summed E-state index contributed by atoms with van der Waals surface area (Å²) in [6.45, 7) is 11.1. The molecular formula is C52H39NS. The summed E-state index contributed by atoms with van der Waals surface area (Å²) < 4.78 is 2.64. The van der Waals surface area contributed by atoms with Crippen LogP contribution in [0.4, 0.5) is 11.4 Å². The Balaban J connectivity index is 1.18.